The number of nitrogen functional groups attached to an aromatic ring is 1. The van der Waals surface area contributed by atoms with Crippen LogP contribution in [0.4, 0.5) is 11.4 Å². The second kappa shape index (κ2) is 5.58. The Morgan fingerprint density at radius 3 is 2.78 bits per heavy atom. The number of benzene rings is 1. The summed E-state index contributed by atoms with van der Waals surface area (Å²) in [6, 6.07) is 10.1. The van der Waals surface area contributed by atoms with Crippen LogP contribution >= 0.6 is 0 Å². The van der Waals surface area contributed by atoms with Gasteiger partial charge in [0.2, 0.25) is 0 Å². The molecule has 2 aromatic rings. The summed E-state index contributed by atoms with van der Waals surface area (Å²) in [5.41, 5.74) is 8.88. The number of nitrogens with two attached hydrogens (primary N) is 1. The van der Waals surface area contributed by atoms with Crippen LogP contribution in [0.3, 0.4) is 0 Å². The monoisotopic (exact) mass is 244 g/mol. The minimum Gasteiger partial charge on any atom is -0.399 e. The van der Waals surface area contributed by atoms with Crippen molar-refractivity contribution in [2.75, 3.05) is 17.2 Å². The topological polar surface area (TPSA) is 47.1 Å². The summed E-state index contributed by atoms with van der Waals surface area (Å²) in [6.45, 7) is 4.00. The van der Waals surface area contributed by atoms with E-state index in [1.807, 2.05) is 36.1 Å². The van der Waals surface area contributed by atoms with E-state index < -0.39 is 0 Å². The molecule has 96 valence electrons. The quantitative estimate of drug-likeness (QED) is 0.822. The first kappa shape index (κ1) is 12.5. The summed E-state index contributed by atoms with van der Waals surface area (Å²) in [5.74, 6) is 0. The predicted octanol–water partition coefficient (Wildman–Crippen LogP) is 2.42. The van der Waals surface area contributed by atoms with Gasteiger partial charge in [0, 0.05) is 31.2 Å². The molecule has 0 spiro atoms. The third kappa shape index (κ3) is 3.03. The van der Waals surface area contributed by atoms with E-state index in [1.165, 1.54) is 0 Å². The van der Waals surface area contributed by atoms with Crippen molar-refractivity contribution in [2.45, 2.75) is 19.9 Å². The van der Waals surface area contributed by atoms with Gasteiger partial charge in [-0.1, -0.05) is 13.0 Å². The number of nitrogens with zero attached hydrogens (tertiary/aromatic N) is 3. The van der Waals surface area contributed by atoms with Gasteiger partial charge in [0.15, 0.2) is 0 Å². The van der Waals surface area contributed by atoms with Crippen LogP contribution in [-0.4, -0.2) is 16.3 Å². The van der Waals surface area contributed by atoms with Crippen LogP contribution in [-0.2, 0) is 13.6 Å². The van der Waals surface area contributed by atoms with Crippen LogP contribution in [0.5, 0.6) is 0 Å². The molecule has 1 heterocycles. The fraction of sp³-hybridized carbons (Fsp3) is 0.357. The van der Waals surface area contributed by atoms with Gasteiger partial charge in [-0.15, -0.1) is 0 Å². The van der Waals surface area contributed by atoms with E-state index in [2.05, 4.69) is 29.1 Å². The molecule has 2 N–H and O–H groups in total. The fourth-order valence-corrected chi connectivity index (χ4v) is 2.03. The van der Waals surface area contributed by atoms with E-state index >= 15 is 0 Å². The van der Waals surface area contributed by atoms with E-state index in [0.29, 0.717) is 0 Å². The molecule has 2 rings (SSSR count). The number of aromatic nitrogens is 2. The summed E-state index contributed by atoms with van der Waals surface area (Å²) in [5, 5.41) is 4.42. The molecule has 0 radical (unpaired) electrons. The molecule has 0 amide bonds. The maximum absolute atomic E-state index is 5.84. The van der Waals surface area contributed by atoms with E-state index in [1.54, 1.807) is 0 Å². The zero-order valence-electron chi connectivity index (χ0n) is 11.0. The molecule has 0 atom stereocenters. The van der Waals surface area contributed by atoms with Gasteiger partial charge in [0.1, 0.15) is 0 Å². The lowest BCUT2D eigenvalue weighted by Crippen LogP contribution is -2.23. The lowest BCUT2D eigenvalue weighted by atomic mass is 10.2. The van der Waals surface area contributed by atoms with Crippen LogP contribution in [0, 0.1) is 0 Å². The first-order valence-electron chi connectivity index (χ1n) is 6.28. The Balaban J connectivity index is 2.17. The number of anilines is 2. The van der Waals surface area contributed by atoms with Crippen molar-refractivity contribution in [2.24, 2.45) is 7.05 Å². The minimum absolute atomic E-state index is 0.801. The standard InChI is InChI=1S/C14H20N4/c1-3-8-18(11-13-7-9-17(2)16-13)14-6-4-5-12(15)10-14/h4-7,9-10H,3,8,11,15H2,1-2H3. The molecule has 18 heavy (non-hydrogen) atoms. The fourth-order valence-electron chi connectivity index (χ4n) is 2.03. The highest BCUT2D eigenvalue weighted by Crippen LogP contribution is 2.19. The highest BCUT2D eigenvalue weighted by molar-refractivity contribution is 5.55. The number of rotatable bonds is 5. The van der Waals surface area contributed by atoms with Crippen molar-refractivity contribution < 1.29 is 0 Å². The Morgan fingerprint density at radius 1 is 1.33 bits per heavy atom. The molecule has 0 aliphatic heterocycles. The Hall–Kier alpha value is -1.97. The van der Waals surface area contributed by atoms with Gasteiger partial charge in [-0.2, -0.15) is 5.10 Å². The lowest BCUT2D eigenvalue weighted by molar-refractivity contribution is 0.708. The van der Waals surface area contributed by atoms with Crippen molar-refractivity contribution in [3.05, 3.63) is 42.2 Å². The summed E-state index contributed by atoms with van der Waals surface area (Å²) >= 11 is 0. The largest absolute Gasteiger partial charge is 0.399 e. The third-order valence-electron chi connectivity index (χ3n) is 2.85. The molecule has 1 aromatic carbocycles. The molecule has 1 aromatic heterocycles. The summed E-state index contributed by atoms with van der Waals surface area (Å²) in [7, 11) is 1.94. The number of aryl methyl sites for hydroxylation is 1. The molecule has 0 saturated carbocycles. The average Bonchev–Trinajstić information content (AvgIpc) is 2.74. The average molecular weight is 244 g/mol. The smallest absolute Gasteiger partial charge is 0.0817 e. The van der Waals surface area contributed by atoms with Gasteiger partial charge >= 0.3 is 0 Å². The number of hydrogen-bond donors (Lipinski definition) is 1. The van der Waals surface area contributed by atoms with Gasteiger partial charge in [-0.3, -0.25) is 4.68 Å². The molecule has 4 nitrogen and oxygen atoms in total. The SMILES string of the molecule is CCCN(Cc1ccn(C)n1)c1cccc(N)c1. The van der Waals surface area contributed by atoms with E-state index in [4.69, 9.17) is 5.73 Å². The van der Waals surface area contributed by atoms with Crippen molar-refractivity contribution in [1.29, 1.82) is 0 Å². The summed E-state index contributed by atoms with van der Waals surface area (Å²) in [4.78, 5) is 2.30. The van der Waals surface area contributed by atoms with Gasteiger partial charge in [-0.25, -0.2) is 0 Å². The highest BCUT2D eigenvalue weighted by atomic mass is 15.3. The van der Waals surface area contributed by atoms with Crippen LogP contribution in [0.15, 0.2) is 36.5 Å². The van der Waals surface area contributed by atoms with Crippen LogP contribution < -0.4 is 10.6 Å². The van der Waals surface area contributed by atoms with Crippen LogP contribution in [0.2, 0.25) is 0 Å². The van der Waals surface area contributed by atoms with Crippen molar-refractivity contribution in [3.8, 4) is 0 Å². The van der Waals surface area contributed by atoms with Gasteiger partial charge in [0.25, 0.3) is 0 Å². The second-order valence-electron chi connectivity index (χ2n) is 4.50. The molecule has 0 aliphatic rings. The van der Waals surface area contributed by atoms with Crippen molar-refractivity contribution in [1.82, 2.24) is 9.78 Å². The normalized spacial score (nSPS) is 10.6. The van der Waals surface area contributed by atoms with E-state index in [0.717, 1.165) is 36.6 Å². The first-order chi connectivity index (χ1) is 8.69. The van der Waals surface area contributed by atoms with E-state index in [-0.39, 0.29) is 0 Å². The van der Waals surface area contributed by atoms with Gasteiger partial charge < -0.3 is 10.6 Å². The Bertz CT molecular complexity index is 504. The first-order valence-corrected chi connectivity index (χ1v) is 6.28. The maximum Gasteiger partial charge on any atom is 0.0817 e. The molecule has 0 bridgehead atoms. The maximum atomic E-state index is 5.84. The van der Waals surface area contributed by atoms with Crippen LogP contribution in [0.1, 0.15) is 19.0 Å². The Morgan fingerprint density at radius 2 is 2.17 bits per heavy atom. The molecule has 0 unspecified atom stereocenters. The van der Waals surface area contributed by atoms with Gasteiger partial charge in [0.05, 0.1) is 12.2 Å². The van der Waals surface area contributed by atoms with Gasteiger partial charge in [-0.05, 0) is 30.7 Å². The molecular formula is C14H20N4. The summed E-state index contributed by atoms with van der Waals surface area (Å²) in [6.07, 6.45) is 3.07. The molecular weight excluding hydrogens is 224 g/mol. The van der Waals surface area contributed by atoms with Crippen molar-refractivity contribution >= 4 is 11.4 Å². The van der Waals surface area contributed by atoms with Crippen molar-refractivity contribution in [3.63, 3.8) is 0 Å². The molecule has 0 fully saturated rings. The molecule has 0 saturated heterocycles. The van der Waals surface area contributed by atoms with Crippen LogP contribution in [0.25, 0.3) is 0 Å². The molecule has 0 aliphatic carbocycles. The van der Waals surface area contributed by atoms with E-state index in [9.17, 15) is 0 Å². The zero-order valence-corrected chi connectivity index (χ0v) is 11.0. The Kier molecular flexibility index (Phi) is 3.87. The Labute approximate surface area is 108 Å². The second-order valence-corrected chi connectivity index (χ2v) is 4.50. The highest BCUT2D eigenvalue weighted by Gasteiger charge is 2.08. The lowest BCUT2D eigenvalue weighted by Gasteiger charge is -2.23. The third-order valence-corrected chi connectivity index (χ3v) is 2.85. The predicted molar refractivity (Wildman–Crippen MR) is 75.4 cm³/mol. The summed E-state index contributed by atoms with van der Waals surface area (Å²) < 4.78 is 1.83. The minimum atomic E-state index is 0.801. The molecule has 4 heteroatoms. The number of hydrogen-bond acceptors (Lipinski definition) is 3. The zero-order chi connectivity index (χ0) is 13.0.